The van der Waals surface area contributed by atoms with E-state index in [1.807, 2.05) is 6.92 Å². The molecule has 0 aliphatic carbocycles. The fraction of sp³-hybridized carbons (Fsp3) is 0.438. The lowest BCUT2D eigenvalue weighted by Crippen LogP contribution is -2.20. The van der Waals surface area contributed by atoms with Crippen molar-refractivity contribution in [2.45, 2.75) is 46.6 Å². The summed E-state index contributed by atoms with van der Waals surface area (Å²) in [4.78, 5) is 34.8. The molecule has 1 aliphatic rings. The van der Waals surface area contributed by atoms with Crippen molar-refractivity contribution in [2.75, 3.05) is 0 Å². The molecule has 0 amide bonds. The third-order valence-corrected chi connectivity index (χ3v) is 3.75. The minimum Gasteiger partial charge on any atom is -0.451 e. The van der Waals surface area contributed by atoms with Gasteiger partial charge < -0.3 is 14.2 Å². The van der Waals surface area contributed by atoms with Gasteiger partial charge >= 0.3 is 17.9 Å². The summed E-state index contributed by atoms with van der Waals surface area (Å²) in [5, 5.41) is 0. The Hall–Kier alpha value is -2.37. The molecule has 0 aromatic heterocycles. The molecule has 1 aromatic carbocycles. The summed E-state index contributed by atoms with van der Waals surface area (Å²) in [6.07, 6.45) is 0.536. The molecule has 1 aliphatic heterocycles. The van der Waals surface area contributed by atoms with Crippen molar-refractivity contribution in [1.82, 2.24) is 0 Å². The number of hydrogen-bond donors (Lipinski definition) is 0. The molecule has 0 radical (unpaired) electrons. The third-order valence-electron chi connectivity index (χ3n) is 3.75. The maximum atomic E-state index is 12.2. The summed E-state index contributed by atoms with van der Waals surface area (Å²) in [6.45, 7) is 7.77. The highest BCUT2D eigenvalue weighted by Crippen LogP contribution is 2.47. The quantitative estimate of drug-likeness (QED) is 0.631. The predicted molar refractivity (Wildman–Crippen MR) is 76.9 cm³/mol. The van der Waals surface area contributed by atoms with E-state index in [0.717, 1.165) is 0 Å². The molecule has 0 bridgehead atoms. The largest absolute Gasteiger partial charge is 0.451 e. The summed E-state index contributed by atoms with van der Waals surface area (Å²) in [6, 6.07) is 1.60. The van der Waals surface area contributed by atoms with Gasteiger partial charge in [-0.3, -0.25) is 9.59 Å². The zero-order chi connectivity index (χ0) is 16.7. The molecule has 6 heteroatoms. The second-order valence-corrected chi connectivity index (χ2v) is 5.41. The average molecular weight is 306 g/mol. The normalized spacial score (nSPS) is 19.4. The topological polar surface area (TPSA) is 78.9 Å². The lowest BCUT2D eigenvalue weighted by Gasteiger charge is -2.22. The van der Waals surface area contributed by atoms with E-state index in [2.05, 4.69) is 0 Å². The first-order valence-electron chi connectivity index (χ1n) is 6.98. The number of benzene rings is 1. The fourth-order valence-corrected chi connectivity index (χ4v) is 2.46. The van der Waals surface area contributed by atoms with E-state index in [0.29, 0.717) is 17.5 Å². The molecule has 22 heavy (non-hydrogen) atoms. The van der Waals surface area contributed by atoms with E-state index in [1.54, 1.807) is 19.9 Å². The van der Waals surface area contributed by atoms with Gasteiger partial charge in [-0.15, -0.1) is 0 Å². The summed E-state index contributed by atoms with van der Waals surface area (Å²) in [5.74, 6) is -1.28. The standard InChI is InChI=1S/C16H18O6/c1-6-16(5)11-7-12(20-9(3)17)8(2)14(21-10(4)18)13(11)15(19)22-16/h7H,6H2,1-5H3. The number of rotatable bonds is 3. The van der Waals surface area contributed by atoms with Crippen LogP contribution in [0.1, 0.15) is 55.6 Å². The number of esters is 3. The lowest BCUT2D eigenvalue weighted by molar-refractivity contribution is -0.132. The predicted octanol–water partition coefficient (Wildman–Crippen LogP) is 2.64. The van der Waals surface area contributed by atoms with Crippen LogP contribution in [0.4, 0.5) is 0 Å². The van der Waals surface area contributed by atoms with Gasteiger partial charge in [0.25, 0.3) is 0 Å². The van der Waals surface area contributed by atoms with Gasteiger partial charge in [0.05, 0.1) is 0 Å². The minimum atomic E-state index is -0.843. The van der Waals surface area contributed by atoms with Gasteiger partial charge in [0.15, 0.2) is 5.75 Å². The van der Waals surface area contributed by atoms with Gasteiger partial charge in [0.2, 0.25) is 0 Å². The maximum absolute atomic E-state index is 12.2. The molecule has 2 rings (SSSR count). The Bertz CT molecular complexity index is 676. The molecule has 1 unspecified atom stereocenters. The molecule has 118 valence electrons. The fourth-order valence-electron chi connectivity index (χ4n) is 2.46. The van der Waals surface area contributed by atoms with Crippen LogP contribution in [0, 0.1) is 6.92 Å². The number of cyclic esters (lactones) is 1. The minimum absolute atomic E-state index is 0.0865. The van der Waals surface area contributed by atoms with E-state index in [4.69, 9.17) is 14.2 Å². The van der Waals surface area contributed by atoms with Crippen LogP contribution in [-0.2, 0) is 19.9 Å². The van der Waals surface area contributed by atoms with E-state index in [-0.39, 0.29) is 17.1 Å². The van der Waals surface area contributed by atoms with E-state index in [9.17, 15) is 14.4 Å². The first-order valence-corrected chi connectivity index (χ1v) is 6.98. The van der Waals surface area contributed by atoms with Crippen molar-refractivity contribution in [3.8, 4) is 11.5 Å². The van der Waals surface area contributed by atoms with Crippen LogP contribution in [0.2, 0.25) is 0 Å². The number of carbonyl (C=O) groups is 3. The van der Waals surface area contributed by atoms with Gasteiger partial charge in [-0.1, -0.05) is 6.92 Å². The highest BCUT2D eigenvalue weighted by Gasteiger charge is 2.44. The van der Waals surface area contributed by atoms with Crippen molar-refractivity contribution in [1.29, 1.82) is 0 Å². The summed E-state index contributed by atoms with van der Waals surface area (Å²) >= 11 is 0. The first kappa shape index (κ1) is 16.0. The number of hydrogen-bond acceptors (Lipinski definition) is 6. The number of ether oxygens (including phenoxy) is 3. The van der Waals surface area contributed by atoms with E-state index >= 15 is 0 Å². The Morgan fingerprint density at radius 1 is 1.23 bits per heavy atom. The van der Waals surface area contributed by atoms with Crippen molar-refractivity contribution in [2.24, 2.45) is 0 Å². The molecular weight excluding hydrogens is 288 g/mol. The Labute approximate surface area is 128 Å². The average Bonchev–Trinajstić information content (AvgIpc) is 2.65. The Kier molecular flexibility index (Phi) is 3.96. The summed E-state index contributed by atoms with van der Waals surface area (Å²) in [7, 11) is 0. The molecule has 0 spiro atoms. The van der Waals surface area contributed by atoms with Crippen LogP contribution >= 0.6 is 0 Å². The summed E-state index contributed by atoms with van der Waals surface area (Å²) in [5.41, 5.74) is 0.330. The van der Waals surface area contributed by atoms with E-state index < -0.39 is 23.5 Å². The maximum Gasteiger partial charge on any atom is 0.343 e. The highest BCUT2D eigenvalue weighted by molar-refractivity contribution is 5.99. The molecule has 0 saturated heterocycles. The van der Waals surface area contributed by atoms with Crippen LogP contribution in [-0.4, -0.2) is 17.9 Å². The van der Waals surface area contributed by atoms with Crippen LogP contribution in [0.3, 0.4) is 0 Å². The van der Waals surface area contributed by atoms with Crippen LogP contribution in [0.15, 0.2) is 6.07 Å². The van der Waals surface area contributed by atoms with E-state index in [1.165, 1.54) is 13.8 Å². The molecule has 6 nitrogen and oxygen atoms in total. The van der Waals surface area contributed by atoms with Gasteiger partial charge in [0.1, 0.15) is 16.9 Å². The molecule has 0 N–H and O–H groups in total. The zero-order valence-corrected chi connectivity index (χ0v) is 13.2. The van der Waals surface area contributed by atoms with Gasteiger partial charge in [0, 0.05) is 25.0 Å². The Balaban J connectivity index is 2.74. The Morgan fingerprint density at radius 3 is 2.32 bits per heavy atom. The Morgan fingerprint density at radius 2 is 1.82 bits per heavy atom. The molecule has 1 heterocycles. The molecule has 0 fully saturated rings. The number of fused-ring (bicyclic) bond motifs is 1. The van der Waals surface area contributed by atoms with Gasteiger partial charge in [-0.2, -0.15) is 0 Å². The third kappa shape index (κ3) is 2.56. The molecule has 1 atom stereocenters. The van der Waals surface area contributed by atoms with Gasteiger partial charge in [-0.25, -0.2) is 4.79 Å². The van der Waals surface area contributed by atoms with Crippen molar-refractivity contribution in [3.05, 3.63) is 22.8 Å². The van der Waals surface area contributed by atoms with Crippen molar-refractivity contribution >= 4 is 17.9 Å². The molecule has 0 saturated carbocycles. The monoisotopic (exact) mass is 306 g/mol. The first-order chi connectivity index (χ1) is 10.2. The SMILES string of the molecule is CCC1(C)OC(=O)c2c1cc(OC(C)=O)c(C)c2OC(C)=O. The second-order valence-electron chi connectivity index (χ2n) is 5.41. The number of carbonyl (C=O) groups excluding carboxylic acids is 3. The van der Waals surface area contributed by atoms with Crippen LogP contribution in [0.5, 0.6) is 11.5 Å². The van der Waals surface area contributed by atoms with Crippen LogP contribution in [0.25, 0.3) is 0 Å². The van der Waals surface area contributed by atoms with Crippen molar-refractivity contribution in [3.63, 3.8) is 0 Å². The summed E-state index contributed by atoms with van der Waals surface area (Å²) < 4.78 is 15.8. The smallest absolute Gasteiger partial charge is 0.343 e. The zero-order valence-electron chi connectivity index (χ0n) is 13.2. The molecular formula is C16H18O6. The van der Waals surface area contributed by atoms with Crippen LogP contribution < -0.4 is 9.47 Å². The van der Waals surface area contributed by atoms with Crippen molar-refractivity contribution < 1.29 is 28.6 Å². The van der Waals surface area contributed by atoms with Gasteiger partial charge in [-0.05, 0) is 26.3 Å². The second kappa shape index (κ2) is 5.44. The lowest BCUT2D eigenvalue weighted by atomic mass is 9.89. The highest BCUT2D eigenvalue weighted by atomic mass is 16.6. The molecule has 1 aromatic rings.